The number of hydrogen-bond donors (Lipinski definition) is 0. The number of hydrogen-bond acceptors (Lipinski definition) is 5. The minimum atomic E-state index is -0.319. The van der Waals surface area contributed by atoms with Crippen LogP contribution in [-0.2, 0) is 6.42 Å². The van der Waals surface area contributed by atoms with Crippen LogP contribution >= 0.6 is 0 Å². The molecule has 0 amide bonds. The molecule has 146 valence electrons. The second-order valence-corrected chi connectivity index (χ2v) is 7.67. The minimum absolute atomic E-state index is 0.0787. The number of ether oxygens (including phenoxy) is 4. The van der Waals surface area contributed by atoms with Gasteiger partial charge < -0.3 is 18.9 Å². The van der Waals surface area contributed by atoms with Crippen molar-refractivity contribution in [3.05, 3.63) is 52.6 Å². The lowest BCUT2D eigenvalue weighted by Crippen LogP contribution is -2.28. The highest BCUT2D eigenvalue weighted by Gasteiger charge is 2.30. The molecule has 0 fully saturated rings. The van der Waals surface area contributed by atoms with Gasteiger partial charge in [-0.25, -0.2) is 0 Å². The van der Waals surface area contributed by atoms with Crippen molar-refractivity contribution in [1.29, 1.82) is 0 Å². The minimum Gasteiger partial charge on any atom is -0.496 e. The van der Waals surface area contributed by atoms with Gasteiger partial charge in [0.25, 0.3) is 0 Å². The van der Waals surface area contributed by atoms with E-state index < -0.39 is 0 Å². The van der Waals surface area contributed by atoms with E-state index in [9.17, 15) is 4.79 Å². The van der Waals surface area contributed by atoms with E-state index in [4.69, 9.17) is 18.9 Å². The smallest absolute Gasteiger partial charge is 0.153 e. The van der Waals surface area contributed by atoms with E-state index in [2.05, 4.69) is 12.1 Å². The van der Waals surface area contributed by atoms with Gasteiger partial charge in [0, 0.05) is 17.5 Å². The molecule has 0 saturated heterocycles. The van der Waals surface area contributed by atoms with Crippen LogP contribution in [0, 0.1) is 0 Å². The summed E-state index contributed by atoms with van der Waals surface area (Å²) in [4.78, 5) is 11.5. The molecule has 2 aliphatic rings. The molecule has 0 aliphatic carbocycles. The Kier molecular flexibility index (Phi) is 4.53. The first-order valence-electron chi connectivity index (χ1n) is 9.33. The Labute approximate surface area is 164 Å². The zero-order valence-corrected chi connectivity index (χ0v) is 16.6. The fraction of sp³-hybridized carbons (Fsp3) is 0.348. The average molecular weight is 380 g/mol. The number of methoxy groups -OCH3 is 2. The molecule has 0 N–H and O–H groups in total. The lowest BCUT2D eigenvalue weighted by atomic mass is 9.87. The number of fused-ring (bicyclic) bond motifs is 3. The second kappa shape index (κ2) is 6.89. The lowest BCUT2D eigenvalue weighted by Gasteiger charge is -2.32. The van der Waals surface area contributed by atoms with Crippen molar-refractivity contribution in [1.82, 2.24) is 0 Å². The third-order valence-electron chi connectivity index (χ3n) is 5.31. The van der Waals surface area contributed by atoms with Crippen LogP contribution in [0.15, 0.2) is 30.3 Å². The summed E-state index contributed by atoms with van der Waals surface area (Å²) >= 11 is 0. The van der Waals surface area contributed by atoms with Crippen molar-refractivity contribution in [2.45, 2.75) is 31.8 Å². The van der Waals surface area contributed by atoms with Crippen molar-refractivity contribution >= 4 is 12.4 Å². The predicted molar refractivity (Wildman–Crippen MR) is 107 cm³/mol. The van der Waals surface area contributed by atoms with E-state index in [0.29, 0.717) is 23.7 Å². The Morgan fingerprint density at radius 2 is 1.93 bits per heavy atom. The van der Waals surface area contributed by atoms with Gasteiger partial charge in [0.2, 0.25) is 0 Å². The van der Waals surface area contributed by atoms with E-state index in [1.54, 1.807) is 20.3 Å². The molecule has 2 aromatic rings. The Hall–Kier alpha value is -2.95. The van der Waals surface area contributed by atoms with E-state index in [-0.39, 0.29) is 11.5 Å². The molecule has 0 bridgehead atoms. The van der Waals surface area contributed by atoms with E-state index >= 15 is 0 Å². The average Bonchev–Trinajstić information content (AvgIpc) is 2.71. The molecule has 0 radical (unpaired) electrons. The highest BCUT2D eigenvalue weighted by Crippen LogP contribution is 2.44. The molecule has 5 nitrogen and oxygen atoms in total. The number of aldehydes is 1. The topological polar surface area (TPSA) is 54.0 Å². The molecule has 28 heavy (non-hydrogen) atoms. The maximum Gasteiger partial charge on any atom is 0.153 e. The molecule has 2 heterocycles. The van der Waals surface area contributed by atoms with E-state index in [1.165, 1.54) is 0 Å². The van der Waals surface area contributed by atoms with Crippen LogP contribution in [-0.4, -0.2) is 32.7 Å². The number of benzene rings is 2. The van der Waals surface area contributed by atoms with Gasteiger partial charge in [0.15, 0.2) is 6.29 Å². The quantitative estimate of drug-likeness (QED) is 0.735. The standard InChI is InChI=1S/C23H24O5/c1-23(2)8-7-17-19(28-23)6-5-14-9-16(13-27-22(14)17)18-10-15(12-24)20(25-3)11-21(18)26-4/h5-8,10-12,16H,9,13H2,1-4H3/t16-/m0/s1. The Morgan fingerprint density at radius 1 is 1.14 bits per heavy atom. The summed E-state index contributed by atoms with van der Waals surface area (Å²) < 4.78 is 23.1. The van der Waals surface area contributed by atoms with Crippen LogP contribution in [0.25, 0.3) is 6.08 Å². The summed E-state index contributed by atoms with van der Waals surface area (Å²) in [5.41, 5.74) is 3.24. The van der Waals surface area contributed by atoms with Gasteiger partial charge in [-0.3, -0.25) is 4.79 Å². The van der Waals surface area contributed by atoms with Gasteiger partial charge >= 0.3 is 0 Å². The maximum absolute atomic E-state index is 11.5. The zero-order valence-electron chi connectivity index (χ0n) is 16.6. The van der Waals surface area contributed by atoms with Gasteiger partial charge in [-0.1, -0.05) is 6.07 Å². The van der Waals surface area contributed by atoms with Gasteiger partial charge in [0.05, 0.1) is 32.0 Å². The molecular formula is C23H24O5. The Morgan fingerprint density at radius 3 is 2.64 bits per heavy atom. The van der Waals surface area contributed by atoms with Crippen LogP contribution in [0.1, 0.15) is 46.8 Å². The zero-order chi connectivity index (χ0) is 19.9. The van der Waals surface area contributed by atoms with Crippen molar-refractivity contribution in [3.63, 3.8) is 0 Å². The van der Waals surface area contributed by atoms with Gasteiger partial charge in [-0.05, 0) is 50.1 Å². The normalized spacial score (nSPS) is 18.9. The van der Waals surface area contributed by atoms with Gasteiger partial charge in [-0.15, -0.1) is 0 Å². The van der Waals surface area contributed by atoms with Gasteiger partial charge in [0.1, 0.15) is 28.6 Å². The highest BCUT2D eigenvalue weighted by molar-refractivity contribution is 5.81. The molecule has 0 spiro atoms. The third-order valence-corrected chi connectivity index (χ3v) is 5.31. The lowest BCUT2D eigenvalue weighted by molar-refractivity contribution is 0.112. The largest absolute Gasteiger partial charge is 0.496 e. The summed E-state index contributed by atoms with van der Waals surface area (Å²) in [5, 5.41) is 0. The molecule has 0 unspecified atom stereocenters. The third kappa shape index (κ3) is 3.11. The Balaban J connectivity index is 1.70. The summed E-state index contributed by atoms with van der Waals surface area (Å²) in [7, 11) is 3.16. The number of rotatable bonds is 4. The molecular weight excluding hydrogens is 356 g/mol. The molecule has 2 aliphatic heterocycles. The van der Waals surface area contributed by atoms with Crippen LogP contribution in [0.2, 0.25) is 0 Å². The fourth-order valence-electron chi connectivity index (χ4n) is 3.87. The first-order chi connectivity index (χ1) is 13.5. The summed E-state index contributed by atoms with van der Waals surface area (Å²) in [5.74, 6) is 3.00. The van der Waals surface area contributed by atoms with Crippen molar-refractivity contribution in [3.8, 4) is 23.0 Å². The van der Waals surface area contributed by atoms with E-state index in [0.717, 1.165) is 40.9 Å². The highest BCUT2D eigenvalue weighted by atomic mass is 16.5. The molecule has 2 aromatic carbocycles. The molecule has 5 heteroatoms. The van der Waals surface area contributed by atoms with E-state index in [1.807, 2.05) is 32.1 Å². The van der Waals surface area contributed by atoms with Crippen LogP contribution in [0.5, 0.6) is 23.0 Å². The first-order valence-corrected chi connectivity index (χ1v) is 9.33. The summed E-state index contributed by atoms with van der Waals surface area (Å²) in [6, 6.07) is 7.67. The summed E-state index contributed by atoms with van der Waals surface area (Å²) in [6.45, 7) is 4.56. The first kappa shape index (κ1) is 18.4. The molecule has 4 rings (SSSR count). The number of carbonyl (C=O) groups excluding carboxylic acids is 1. The fourth-order valence-corrected chi connectivity index (χ4v) is 3.87. The Bertz CT molecular complexity index is 958. The van der Waals surface area contributed by atoms with Crippen molar-refractivity contribution < 1.29 is 23.7 Å². The summed E-state index contributed by atoms with van der Waals surface area (Å²) in [6.07, 6.45) is 5.73. The monoisotopic (exact) mass is 380 g/mol. The van der Waals surface area contributed by atoms with Crippen LogP contribution < -0.4 is 18.9 Å². The van der Waals surface area contributed by atoms with Gasteiger partial charge in [-0.2, -0.15) is 0 Å². The second-order valence-electron chi connectivity index (χ2n) is 7.67. The number of carbonyl (C=O) groups is 1. The maximum atomic E-state index is 11.5. The molecule has 0 aromatic heterocycles. The van der Waals surface area contributed by atoms with Crippen LogP contribution in [0.3, 0.4) is 0 Å². The predicted octanol–water partition coefficient (Wildman–Crippen LogP) is 4.42. The van der Waals surface area contributed by atoms with Crippen LogP contribution in [0.4, 0.5) is 0 Å². The molecule has 1 atom stereocenters. The molecule has 0 saturated carbocycles. The SMILES string of the molecule is COc1cc(OC)c([C@@H]2COc3c(ccc4c3C=CC(C)(C)O4)C2)cc1C=O. The van der Waals surface area contributed by atoms with Crippen molar-refractivity contribution in [2.24, 2.45) is 0 Å². The van der Waals surface area contributed by atoms with Crippen molar-refractivity contribution in [2.75, 3.05) is 20.8 Å².